The van der Waals surface area contributed by atoms with Gasteiger partial charge in [0.2, 0.25) is 0 Å². The SMILES string of the molecule is Brc1c(Oc2nc3ccccc3o2)ccc2ccccc12. The molecule has 0 radical (unpaired) electrons. The quantitative estimate of drug-likeness (QED) is 0.481. The minimum Gasteiger partial charge on any atom is -0.410 e. The van der Waals surface area contributed by atoms with E-state index in [1.807, 2.05) is 54.6 Å². The standard InChI is InChI=1S/C17H10BrNO2/c18-16-12-6-2-1-5-11(12)9-10-15(16)21-17-19-13-7-3-4-8-14(13)20-17/h1-10H. The topological polar surface area (TPSA) is 35.3 Å². The molecule has 0 fully saturated rings. The highest BCUT2D eigenvalue weighted by Gasteiger charge is 2.11. The molecule has 0 aliphatic carbocycles. The Morgan fingerprint density at radius 2 is 1.71 bits per heavy atom. The highest BCUT2D eigenvalue weighted by atomic mass is 79.9. The Bertz CT molecular complexity index is 913. The monoisotopic (exact) mass is 339 g/mol. The van der Waals surface area contributed by atoms with Crippen molar-refractivity contribution in [1.82, 2.24) is 4.98 Å². The van der Waals surface area contributed by atoms with Crippen LogP contribution in [0.25, 0.3) is 21.9 Å². The van der Waals surface area contributed by atoms with Crippen LogP contribution in [0.2, 0.25) is 0 Å². The molecule has 0 atom stereocenters. The van der Waals surface area contributed by atoms with E-state index in [0.29, 0.717) is 11.3 Å². The van der Waals surface area contributed by atoms with Crippen LogP contribution in [0, 0.1) is 0 Å². The van der Waals surface area contributed by atoms with Crippen molar-refractivity contribution in [2.45, 2.75) is 0 Å². The Morgan fingerprint density at radius 1 is 0.905 bits per heavy atom. The molecule has 0 unspecified atom stereocenters. The number of fused-ring (bicyclic) bond motifs is 2. The fraction of sp³-hybridized carbons (Fsp3) is 0. The van der Waals surface area contributed by atoms with Gasteiger partial charge < -0.3 is 9.15 Å². The van der Waals surface area contributed by atoms with E-state index >= 15 is 0 Å². The van der Waals surface area contributed by atoms with Crippen LogP contribution in [0.1, 0.15) is 0 Å². The number of hydrogen-bond donors (Lipinski definition) is 0. The van der Waals surface area contributed by atoms with Gasteiger partial charge in [-0.2, -0.15) is 4.98 Å². The van der Waals surface area contributed by atoms with Crippen LogP contribution < -0.4 is 4.74 Å². The summed E-state index contributed by atoms with van der Waals surface area (Å²) >= 11 is 3.59. The van der Waals surface area contributed by atoms with Crippen molar-refractivity contribution >= 4 is 37.8 Å². The molecule has 4 heteroatoms. The predicted molar refractivity (Wildman–Crippen MR) is 85.7 cm³/mol. The van der Waals surface area contributed by atoms with Crippen molar-refractivity contribution in [3.05, 3.63) is 65.1 Å². The lowest BCUT2D eigenvalue weighted by atomic mass is 10.1. The molecule has 0 aliphatic rings. The Kier molecular flexibility index (Phi) is 2.89. The molecular formula is C17H10BrNO2. The zero-order valence-corrected chi connectivity index (χ0v) is 12.5. The second-order valence-corrected chi connectivity index (χ2v) is 5.44. The van der Waals surface area contributed by atoms with Gasteiger partial charge in [-0.3, -0.25) is 0 Å². The number of ether oxygens (including phenoxy) is 1. The Hall–Kier alpha value is -2.33. The van der Waals surface area contributed by atoms with Gasteiger partial charge in [0.05, 0.1) is 4.47 Å². The number of nitrogens with zero attached hydrogens (tertiary/aromatic N) is 1. The molecule has 4 aromatic rings. The summed E-state index contributed by atoms with van der Waals surface area (Å²) < 4.78 is 12.3. The number of oxazole rings is 1. The summed E-state index contributed by atoms with van der Waals surface area (Å²) in [5.41, 5.74) is 1.49. The van der Waals surface area contributed by atoms with Crippen LogP contribution in [0.4, 0.5) is 0 Å². The maximum absolute atomic E-state index is 5.78. The maximum atomic E-state index is 5.78. The van der Waals surface area contributed by atoms with Crippen LogP contribution in [-0.4, -0.2) is 4.98 Å². The van der Waals surface area contributed by atoms with Crippen LogP contribution >= 0.6 is 15.9 Å². The first-order chi connectivity index (χ1) is 10.3. The van der Waals surface area contributed by atoms with E-state index in [1.54, 1.807) is 0 Å². The highest BCUT2D eigenvalue weighted by molar-refractivity contribution is 9.10. The molecule has 1 heterocycles. The van der Waals surface area contributed by atoms with Gasteiger partial charge in [0.15, 0.2) is 5.58 Å². The largest absolute Gasteiger partial charge is 0.410 e. The van der Waals surface area contributed by atoms with Crippen LogP contribution in [0.5, 0.6) is 11.8 Å². The first kappa shape index (κ1) is 12.4. The molecule has 0 saturated heterocycles. The van der Waals surface area contributed by atoms with Gasteiger partial charge in [-0.15, -0.1) is 0 Å². The predicted octanol–water partition coefficient (Wildman–Crippen LogP) is 5.54. The minimum absolute atomic E-state index is 0.243. The minimum atomic E-state index is 0.243. The first-order valence-corrected chi connectivity index (χ1v) is 7.31. The summed E-state index contributed by atoms with van der Waals surface area (Å²) in [4.78, 5) is 4.32. The van der Waals surface area contributed by atoms with E-state index in [-0.39, 0.29) is 6.08 Å². The van der Waals surface area contributed by atoms with Crippen molar-refractivity contribution < 1.29 is 9.15 Å². The van der Waals surface area contributed by atoms with Gasteiger partial charge in [0, 0.05) is 0 Å². The van der Waals surface area contributed by atoms with Gasteiger partial charge in [-0.1, -0.05) is 42.5 Å². The van der Waals surface area contributed by atoms with Crippen molar-refractivity contribution in [2.75, 3.05) is 0 Å². The molecule has 0 amide bonds. The van der Waals surface area contributed by atoms with Gasteiger partial charge >= 0.3 is 6.08 Å². The molecule has 3 nitrogen and oxygen atoms in total. The normalized spacial score (nSPS) is 11.1. The van der Waals surface area contributed by atoms with Crippen LogP contribution in [-0.2, 0) is 0 Å². The van der Waals surface area contributed by atoms with Crippen molar-refractivity contribution in [2.24, 2.45) is 0 Å². The van der Waals surface area contributed by atoms with Crippen LogP contribution in [0.3, 0.4) is 0 Å². The number of rotatable bonds is 2. The molecule has 0 N–H and O–H groups in total. The molecule has 1 aromatic heterocycles. The third-order valence-corrected chi connectivity index (χ3v) is 4.12. The molecule has 0 bridgehead atoms. The summed E-state index contributed by atoms with van der Waals surface area (Å²) in [6.45, 7) is 0. The average Bonchev–Trinajstić information content (AvgIpc) is 2.93. The zero-order valence-electron chi connectivity index (χ0n) is 10.9. The molecule has 0 saturated carbocycles. The average molecular weight is 340 g/mol. The zero-order chi connectivity index (χ0) is 14.2. The summed E-state index contributed by atoms with van der Waals surface area (Å²) in [6.07, 6.45) is 0.243. The number of aromatic nitrogens is 1. The van der Waals surface area contributed by atoms with E-state index in [0.717, 1.165) is 20.8 Å². The third-order valence-electron chi connectivity index (χ3n) is 3.30. The summed E-state index contributed by atoms with van der Waals surface area (Å²) in [5.74, 6) is 0.681. The van der Waals surface area contributed by atoms with Gasteiger partial charge in [0.25, 0.3) is 0 Å². The van der Waals surface area contributed by atoms with E-state index in [1.165, 1.54) is 0 Å². The van der Waals surface area contributed by atoms with Gasteiger partial charge in [-0.25, -0.2) is 0 Å². The number of benzene rings is 3. The number of halogens is 1. The number of para-hydroxylation sites is 2. The highest BCUT2D eigenvalue weighted by Crippen LogP contribution is 2.36. The Balaban J connectivity index is 1.78. The third kappa shape index (κ3) is 2.17. The fourth-order valence-corrected chi connectivity index (χ4v) is 2.86. The lowest BCUT2D eigenvalue weighted by Gasteiger charge is -2.06. The summed E-state index contributed by atoms with van der Waals surface area (Å²) in [5, 5.41) is 2.24. The fourth-order valence-electron chi connectivity index (χ4n) is 2.28. The Morgan fingerprint density at radius 3 is 2.62 bits per heavy atom. The van der Waals surface area contributed by atoms with Crippen molar-refractivity contribution in [1.29, 1.82) is 0 Å². The molecule has 0 spiro atoms. The van der Waals surface area contributed by atoms with Crippen molar-refractivity contribution in [3.8, 4) is 11.8 Å². The Labute approximate surface area is 129 Å². The molecule has 4 rings (SSSR count). The lowest BCUT2D eigenvalue weighted by Crippen LogP contribution is -1.86. The second-order valence-electron chi connectivity index (χ2n) is 4.65. The molecule has 0 aliphatic heterocycles. The summed E-state index contributed by atoms with van der Waals surface area (Å²) in [6, 6.07) is 19.6. The maximum Gasteiger partial charge on any atom is 0.400 e. The lowest BCUT2D eigenvalue weighted by molar-refractivity contribution is 0.342. The van der Waals surface area contributed by atoms with E-state index < -0.39 is 0 Å². The van der Waals surface area contributed by atoms with E-state index in [2.05, 4.69) is 27.0 Å². The van der Waals surface area contributed by atoms with E-state index in [9.17, 15) is 0 Å². The van der Waals surface area contributed by atoms with Gasteiger partial charge in [-0.05, 0) is 44.9 Å². The first-order valence-electron chi connectivity index (χ1n) is 6.52. The number of hydrogen-bond acceptors (Lipinski definition) is 3. The molecular weight excluding hydrogens is 330 g/mol. The van der Waals surface area contributed by atoms with Gasteiger partial charge in [0.1, 0.15) is 11.3 Å². The molecule has 102 valence electrons. The second kappa shape index (κ2) is 4.90. The van der Waals surface area contributed by atoms with E-state index in [4.69, 9.17) is 9.15 Å². The summed E-state index contributed by atoms with van der Waals surface area (Å²) in [7, 11) is 0. The molecule has 21 heavy (non-hydrogen) atoms. The van der Waals surface area contributed by atoms with Crippen LogP contribution in [0.15, 0.2) is 69.6 Å². The smallest absolute Gasteiger partial charge is 0.400 e. The van der Waals surface area contributed by atoms with Crippen molar-refractivity contribution in [3.63, 3.8) is 0 Å². The molecule has 3 aromatic carbocycles.